The molecule has 0 spiro atoms. The average Bonchev–Trinajstić information content (AvgIpc) is 2.58. The predicted octanol–water partition coefficient (Wildman–Crippen LogP) is 2.65. The first kappa shape index (κ1) is 2.01. The van der Waals surface area contributed by atoms with Gasteiger partial charge >= 0.3 is 0 Å². The lowest BCUT2D eigenvalue weighted by Gasteiger charge is -2.35. The third-order valence-electron chi connectivity index (χ3n) is 1.49. The summed E-state index contributed by atoms with van der Waals surface area (Å²) in [5, 5.41) is 0. The van der Waals surface area contributed by atoms with Crippen LogP contribution in [0.5, 0.6) is 0 Å². The molecule has 1 aromatic rings. The molecule has 2 heteroatoms. The zero-order chi connectivity index (χ0) is 24.0. The third kappa shape index (κ3) is 1.84. The summed E-state index contributed by atoms with van der Waals surface area (Å²) < 4.78 is 128. The lowest BCUT2D eigenvalue weighted by molar-refractivity contribution is 0.485. The van der Waals surface area contributed by atoms with Crippen LogP contribution in [0.25, 0.3) is 0 Å². The Balaban J connectivity index is 3.17. The molecule has 14 heavy (non-hydrogen) atoms. The average molecular weight is 206 g/mol. The van der Waals surface area contributed by atoms with Crippen molar-refractivity contribution < 1.29 is 21.9 Å². The van der Waals surface area contributed by atoms with Crippen LogP contribution in [0.2, 0.25) is 0 Å². The van der Waals surface area contributed by atoms with Crippen molar-refractivity contribution >= 4 is 11.4 Å². The molecule has 0 radical (unpaired) electrons. The number of nitrogen functional groups attached to an aromatic ring is 1. The Morgan fingerprint density at radius 1 is 1.57 bits per heavy atom. The monoisotopic (exact) mass is 206 g/mol. The van der Waals surface area contributed by atoms with Gasteiger partial charge in [-0.1, -0.05) is 0 Å². The van der Waals surface area contributed by atoms with Crippen LogP contribution >= 0.6 is 0 Å². The Labute approximate surface area is 108 Å². The number of anilines is 2. The van der Waals surface area contributed by atoms with E-state index in [0.717, 1.165) is 0 Å². The zero-order valence-corrected chi connectivity index (χ0v) is 7.02. The summed E-state index contributed by atoms with van der Waals surface area (Å²) in [5.41, 5.74) is 3.55. The third-order valence-corrected chi connectivity index (χ3v) is 1.49. The summed E-state index contributed by atoms with van der Waals surface area (Å²) >= 11 is 0. The van der Waals surface area contributed by atoms with Crippen LogP contribution in [0.4, 0.5) is 11.4 Å². The van der Waals surface area contributed by atoms with Gasteiger partial charge in [-0.25, -0.2) is 0 Å². The van der Waals surface area contributed by atoms with Crippen molar-refractivity contribution in [2.45, 2.75) is 32.0 Å². The van der Waals surface area contributed by atoms with Crippen LogP contribution < -0.4 is 10.6 Å². The lowest BCUT2D eigenvalue weighted by atomic mass is 10.0. The summed E-state index contributed by atoms with van der Waals surface area (Å²) in [6, 6.07) is -8.05. The smallest absolute Gasteiger partial charge is 0.0645 e. The fourth-order valence-electron chi connectivity index (χ4n) is 0.881. The molecule has 1 fully saturated rings. The van der Waals surface area contributed by atoms with Gasteiger partial charge in [0.15, 0.2) is 0 Å². The SMILES string of the molecule is [2H]c1c([2H])c(N2C([2H])([2H])C([2H])([2H])C([2H])([2H])C([2H])([2H])C2([2H])C([2H])([2H])[2H])c([2H])c([2H])c1N. The molecule has 1 atom stereocenters. The highest BCUT2D eigenvalue weighted by atomic mass is 15.2. The number of hydrogen-bond acceptors (Lipinski definition) is 2. The minimum Gasteiger partial charge on any atom is -0.399 e. The maximum Gasteiger partial charge on any atom is 0.0645 e. The second kappa shape index (κ2) is 3.91. The van der Waals surface area contributed by atoms with Gasteiger partial charge in [0.1, 0.15) is 0 Å². The number of piperidine rings is 1. The van der Waals surface area contributed by atoms with E-state index in [1.54, 1.807) is 0 Å². The first-order chi connectivity index (χ1) is 13.0. The van der Waals surface area contributed by atoms with E-state index >= 15 is 0 Å². The van der Waals surface area contributed by atoms with Crippen molar-refractivity contribution in [2.75, 3.05) is 17.1 Å². The quantitative estimate of drug-likeness (QED) is 0.716. The van der Waals surface area contributed by atoms with Crippen molar-refractivity contribution in [1.29, 1.82) is 0 Å². The number of benzene rings is 1. The fraction of sp³-hybridized carbons (Fsp3) is 0.500. The lowest BCUT2D eigenvalue weighted by Crippen LogP contribution is -2.37. The number of nitrogens with two attached hydrogens (primary N) is 1. The molecule has 76 valence electrons. The first-order valence-electron chi connectivity index (χ1n) is 11.7. The second-order valence-corrected chi connectivity index (χ2v) is 2.43. The van der Waals surface area contributed by atoms with E-state index in [0.29, 0.717) is 0 Å². The molecule has 2 N–H and O–H groups in total. The van der Waals surface area contributed by atoms with Crippen LogP contribution in [-0.4, -0.2) is 12.5 Å². The van der Waals surface area contributed by atoms with Crippen LogP contribution in [0.3, 0.4) is 0 Å². The van der Waals surface area contributed by atoms with Gasteiger partial charge in [-0.2, -0.15) is 0 Å². The zero-order valence-electron chi connectivity index (χ0n) is 23.0. The van der Waals surface area contributed by atoms with E-state index in [4.69, 9.17) is 27.7 Å². The Morgan fingerprint density at radius 3 is 3.07 bits per heavy atom. The van der Waals surface area contributed by atoms with Crippen molar-refractivity contribution in [3.63, 3.8) is 0 Å². The van der Waals surface area contributed by atoms with Gasteiger partial charge in [-0.3, -0.25) is 0 Å². The minimum atomic E-state index is -3.93. The largest absolute Gasteiger partial charge is 0.399 e. The molecule has 1 saturated heterocycles. The summed E-state index contributed by atoms with van der Waals surface area (Å²) in [4.78, 5) is -0.339. The highest BCUT2D eigenvalue weighted by molar-refractivity contribution is 5.53. The van der Waals surface area contributed by atoms with Crippen molar-refractivity contribution in [3.8, 4) is 0 Å². The molecular weight excluding hydrogens is 172 g/mol. The highest BCUT2D eigenvalue weighted by Crippen LogP contribution is 2.24. The van der Waals surface area contributed by atoms with Crippen LogP contribution in [0.1, 0.15) is 47.9 Å². The van der Waals surface area contributed by atoms with E-state index in [2.05, 4.69) is 0 Å². The standard InChI is InChI=1S/C12H18N2/c1-10-4-2-3-9-14(10)12-7-5-11(13)6-8-12/h5-8,10H,2-4,9,13H2,1H3/i1D3,2D2,3D2,4D2,5D,6D,7D,8D,9D2,10D. The summed E-state index contributed by atoms with van der Waals surface area (Å²) in [6.07, 6.45) is -11.6. The Hall–Kier alpha value is -1.18. The second-order valence-electron chi connectivity index (χ2n) is 2.43. The highest BCUT2D eigenvalue weighted by Gasteiger charge is 2.17. The normalized spacial score (nSPS) is 59.6. The predicted molar refractivity (Wildman–Crippen MR) is 61.5 cm³/mol. The minimum absolute atomic E-state index is 0.339. The van der Waals surface area contributed by atoms with Gasteiger partial charge in [0, 0.05) is 39.0 Å². The van der Waals surface area contributed by atoms with Crippen LogP contribution in [-0.2, 0) is 0 Å². The Bertz CT molecular complexity index is 860. The molecular formula is C12H18N2. The van der Waals surface area contributed by atoms with Gasteiger partial charge < -0.3 is 10.6 Å². The van der Waals surface area contributed by atoms with E-state index in [-0.39, 0.29) is 4.90 Å². The molecule has 1 aliphatic rings. The molecule has 0 aliphatic carbocycles. The molecule has 2 rings (SSSR count). The summed E-state index contributed by atoms with van der Waals surface area (Å²) in [7, 11) is 0. The molecule has 0 aromatic heterocycles. The topological polar surface area (TPSA) is 29.3 Å². The summed E-state index contributed by atoms with van der Waals surface area (Å²) in [5.74, 6) is 0. The molecule has 0 bridgehead atoms. The first-order valence-corrected chi connectivity index (χ1v) is 3.71. The molecule has 0 saturated carbocycles. The maximum absolute atomic E-state index is 8.47. The van der Waals surface area contributed by atoms with Gasteiger partial charge in [0.2, 0.25) is 0 Å². The number of hydrogen-bond donors (Lipinski definition) is 1. The summed E-state index contributed by atoms with van der Waals surface area (Å²) in [6.45, 7) is -7.64. The van der Waals surface area contributed by atoms with E-state index in [1.165, 1.54) is 0 Å². The molecule has 1 aliphatic heterocycles. The van der Waals surface area contributed by atoms with Crippen molar-refractivity contribution in [2.24, 2.45) is 0 Å². The molecule has 2 nitrogen and oxygen atoms in total. The Morgan fingerprint density at radius 2 is 2.36 bits per heavy atom. The fourth-order valence-corrected chi connectivity index (χ4v) is 0.881. The maximum atomic E-state index is 8.47. The number of rotatable bonds is 1. The Kier molecular flexibility index (Phi) is 0.562. The van der Waals surface area contributed by atoms with Gasteiger partial charge in [-0.05, 0) is 50.1 Å². The van der Waals surface area contributed by atoms with E-state index in [1.807, 2.05) is 0 Å². The van der Waals surface area contributed by atoms with Gasteiger partial charge in [-0.15, -0.1) is 0 Å². The molecule has 1 unspecified atom stereocenters. The molecule has 1 heterocycles. The molecule has 0 amide bonds. The van der Waals surface area contributed by atoms with Gasteiger partial charge in [0.05, 0.1) is 6.85 Å². The molecule has 1 aromatic carbocycles. The van der Waals surface area contributed by atoms with E-state index < -0.39 is 74.0 Å². The van der Waals surface area contributed by atoms with Crippen molar-refractivity contribution in [1.82, 2.24) is 0 Å². The van der Waals surface area contributed by atoms with Gasteiger partial charge in [0.25, 0.3) is 0 Å². The van der Waals surface area contributed by atoms with Crippen LogP contribution in [0, 0.1) is 0 Å². The van der Waals surface area contributed by atoms with E-state index in [9.17, 15) is 0 Å². The number of nitrogens with zero attached hydrogens (tertiary/aromatic N) is 1. The van der Waals surface area contributed by atoms with Crippen LogP contribution in [0.15, 0.2) is 24.2 Å². The van der Waals surface area contributed by atoms with Crippen molar-refractivity contribution in [3.05, 3.63) is 24.2 Å².